The Morgan fingerprint density at radius 3 is 2.65 bits per heavy atom. The van der Waals surface area contributed by atoms with Crippen molar-refractivity contribution in [3.05, 3.63) is 106 Å². The minimum Gasteiger partial charge on any atom is -0.352 e. The number of benzene rings is 2. The van der Waals surface area contributed by atoms with Crippen molar-refractivity contribution < 1.29 is 9.59 Å². The van der Waals surface area contributed by atoms with Crippen molar-refractivity contribution in [2.75, 3.05) is 11.9 Å². The lowest BCUT2D eigenvalue weighted by atomic mass is 10.2. The topological polar surface area (TPSA) is 76.0 Å². The first-order valence-electron chi connectivity index (χ1n) is 9.96. The summed E-state index contributed by atoms with van der Waals surface area (Å²) in [5, 5.41) is 7.61. The van der Waals surface area contributed by atoms with Gasteiger partial charge in [0.2, 0.25) is 0 Å². The van der Waals surface area contributed by atoms with E-state index < -0.39 is 0 Å². The number of nitrogens with zero attached hydrogens (tertiary/aromatic N) is 2. The zero-order valence-corrected chi connectivity index (χ0v) is 17.6. The third kappa shape index (κ3) is 5.46. The lowest BCUT2D eigenvalue weighted by molar-refractivity contribution is 0.0952. The normalized spacial score (nSPS) is 10.6. The highest BCUT2D eigenvalue weighted by Crippen LogP contribution is 2.15. The van der Waals surface area contributed by atoms with Crippen molar-refractivity contribution in [3.8, 4) is 0 Å². The summed E-state index contributed by atoms with van der Waals surface area (Å²) in [6, 6.07) is 20.7. The van der Waals surface area contributed by atoms with E-state index in [4.69, 9.17) is 0 Å². The number of hydrogen-bond acceptors (Lipinski definition) is 4. The molecule has 0 bridgehead atoms. The van der Waals surface area contributed by atoms with Crippen LogP contribution in [0, 0.1) is 0 Å². The molecule has 0 radical (unpaired) electrons. The molecule has 2 N–H and O–H groups in total. The Bertz CT molecular complexity index is 1150. The van der Waals surface area contributed by atoms with Gasteiger partial charge >= 0.3 is 0 Å². The van der Waals surface area contributed by atoms with Crippen molar-refractivity contribution in [2.45, 2.75) is 13.0 Å². The van der Waals surface area contributed by atoms with E-state index >= 15 is 0 Å². The first-order chi connectivity index (χ1) is 15.2. The van der Waals surface area contributed by atoms with Gasteiger partial charge in [0.25, 0.3) is 11.8 Å². The van der Waals surface area contributed by atoms with Gasteiger partial charge in [0.1, 0.15) is 5.82 Å². The first-order valence-corrected chi connectivity index (χ1v) is 10.8. The molecule has 4 aromatic rings. The number of nitrogens with one attached hydrogen (secondary N) is 2. The van der Waals surface area contributed by atoms with Gasteiger partial charge in [-0.05, 0) is 35.2 Å². The highest BCUT2D eigenvalue weighted by molar-refractivity contribution is 7.12. The molecule has 2 aromatic carbocycles. The number of anilines is 1. The maximum absolute atomic E-state index is 12.6. The Labute approximate surface area is 184 Å². The SMILES string of the molecule is O=C(NCCc1nccn1Cc1ccccc1)c1cccc(NC(=O)c2cccs2)c1. The van der Waals surface area contributed by atoms with E-state index in [0.29, 0.717) is 29.1 Å². The molecule has 0 fully saturated rings. The Kier molecular flexibility index (Phi) is 6.54. The van der Waals surface area contributed by atoms with Gasteiger partial charge in [-0.2, -0.15) is 0 Å². The van der Waals surface area contributed by atoms with E-state index in [2.05, 4.69) is 32.3 Å². The Morgan fingerprint density at radius 2 is 1.84 bits per heavy atom. The molecule has 0 atom stereocenters. The molecule has 2 aromatic heterocycles. The number of hydrogen-bond donors (Lipinski definition) is 2. The summed E-state index contributed by atoms with van der Waals surface area (Å²) in [5.41, 5.74) is 2.29. The van der Waals surface area contributed by atoms with Gasteiger partial charge < -0.3 is 15.2 Å². The standard InChI is InChI=1S/C24H22N4O2S/c29-23(19-8-4-9-20(16-19)27-24(30)21-10-5-15-31-21)26-12-11-22-25-13-14-28(22)17-18-6-2-1-3-7-18/h1-10,13-16H,11-12,17H2,(H,26,29)(H,27,30). The van der Waals surface area contributed by atoms with Gasteiger partial charge in [0.15, 0.2) is 0 Å². The van der Waals surface area contributed by atoms with Crippen LogP contribution in [0.2, 0.25) is 0 Å². The molecule has 156 valence electrons. The number of carbonyl (C=O) groups is 2. The van der Waals surface area contributed by atoms with Gasteiger partial charge in [0.05, 0.1) is 4.88 Å². The Balaban J connectivity index is 1.32. The van der Waals surface area contributed by atoms with Gasteiger partial charge in [-0.1, -0.05) is 42.5 Å². The van der Waals surface area contributed by atoms with Crippen LogP contribution < -0.4 is 10.6 Å². The van der Waals surface area contributed by atoms with Crippen LogP contribution in [0.1, 0.15) is 31.4 Å². The molecular weight excluding hydrogens is 408 g/mol. The van der Waals surface area contributed by atoms with Crippen LogP contribution in [0.3, 0.4) is 0 Å². The smallest absolute Gasteiger partial charge is 0.265 e. The fourth-order valence-electron chi connectivity index (χ4n) is 3.22. The maximum Gasteiger partial charge on any atom is 0.265 e. The molecule has 0 spiro atoms. The molecular formula is C24H22N4O2S. The van der Waals surface area contributed by atoms with Crippen LogP contribution in [0.25, 0.3) is 0 Å². The summed E-state index contributed by atoms with van der Waals surface area (Å²) in [7, 11) is 0. The number of amides is 2. The van der Waals surface area contributed by atoms with Crippen molar-refractivity contribution in [1.29, 1.82) is 0 Å². The predicted octanol–water partition coefficient (Wildman–Crippen LogP) is 4.22. The number of rotatable bonds is 8. The maximum atomic E-state index is 12.6. The molecule has 2 amide bonds. The summed E-state index contributed by atoms with van der Waals surface area (Å²) in [6.07, 6.45) is 4.35. The van der Waals surface area contributed by atoms with E-state index in [0.717, 1.165) is 12.4 Å². The van der Waals surface area contributed by atoms with Crippen molar-refractivity contribution in [1.82, 2.24) is 14.9 Å². The number of carbonyl (C=O) groups excluding carboxylic acids is 2. The second-order valence-corrected chi connectivity index (χ2v) is 7.92. The second kappa shape index (κ2) is 9.86. The van der Waals surface area contributed by atoms with Crippen molar-refractivity contribution in [2.24, 2.45) is 0 Å². The van der Waals surface area contributed by atoms with Gasteiger partial charge in [-0.25, -0.2) is 4.98 Å². The zero-order chi connectivity index (χ0) is 21.5. The minimum atomic E-state index is -0.187. The van der Waals surface area contributed by atoms with Crippen LogP contribution >= 0.6 is 11.3 Å². The Morgan fingerprint density at radius 1 is 0.968 bits per heavy atom. The van der Waals surface area contributed by atoms with Gasteiger partial charge in [-0.3, -0.25) is 9.59 Å². The lowest BCUT2D eigenvalue weighted by Crippen LogP contribution is -2.26. The molecule has 4 rings (SSSR count). The van der Waals surface area contributed by atoms with E-state index in [1.165, 1.54) is 16.9 Å². The highest BCUT2D eigenvalue weighted by atomic mass is 32.1. The van der Waals surface area contributed by atoms with Crippen LogP contribution in [-0.2, 0) is 13.0 Å². The molecule has 0 saturated carbocycles. The summed E-state index contributed by atoms with van der Waals surface area (Å²) >= 11 is 1.37. The molecule has 0 aliphatic carbocycles. The predicted molar refractivity (Wildman–Crippen MR) is 123 cm³/mol. The highest BCUT2D eigenvalue weighted by Gasteiger charge is 2.10. The molecule has 0 aliphatic rings. The van der Waals surface area contributed by atoms with Crippen LogP contribution in [0.5, 0.6) is 0 Å². The number of imidazole rings is 1. The number of aromatic nitrogens is 2. The average molecular weight is 431 g/mol. The largest absolute Gasteiger partial charge is 0.352 e. The van der Waals surface area contributed by atoms with Crippen molar-refractivity contribution in [3.63, 3.8) is 0 Å². The van der Waals surface area contributed by atoms with E-state index in [1.807, 2.05) is 35.8 Å². The van der Waals surface area contributed by atoms with E-state index in [1.54, 1.807) is 36.5 Å². The van der Waals surface area contributed by atoms with Gasteiger partial charge in [-0.15, -0.1) is 11.3 Å². The third-order valence-electron chi connectivity index (χ3n) is 4.76. The quantitative estimate of drug-likeness (QED) is 0.440. The van der Waals surface area contributed by atoms with Crippen LogP contribution in [-0.4, -0.2) is 27.9 Å². The fourth-order valence-corrected chi connectivity index (χ4v) is 3.84. The lowest BCUT2D eigenvalue weighted by Gasteiger charge is -2.10. The molecule has 31 heavy (non-hydrogen) atoms. The number of thiophene rings is 1. The summed E-state index contributed by atoms with van der Waals surface area (Å²) in [5.74, 6) is 0.548. The summed E-state index contributed by atoms with van der Waals surface area (Å²) in [6.45, 7) is 1.21. The first kappa shape index (κ1) is 20.6. The molecule has 0 saturated heterocycles. The molecule has 7 heteroatoms. The fraction of sp³-hybridized carbons (Fsp3) is 0.125. The summed E-state index contributed by atoms with van der Waals surface area (Å²) < 4.78 is 2.09. The van der Waals surface area contributed by atoms with E-state index in [9.17, 15) is 9.59 Å². The van der Waals surface area contributed by atoms with E-state index in [-0.39, 0.29) is 11.8 Å². The zero-order valence-electron chi connectivity index (χ0n) is 16.8. The average Bonchev–Trinajstić information content (AvgIpc) is 3.47. The molecule has 2 heterocycles. The van der Waals surface area contributed by atoms with Gasteiger partial charge in [0, 0.05) is 43.2 Å². The van der Waals surface area contributed by atoms with Crippen LogP contribution in [0.15, 0.2) is 84.5 Å². The minimum absolute atomic E-state index is 0.183. The second-order valence-electron chi connectivity index (χ2n) is 6.98. The Hall–Kier alpha value is -3.71. The van der Waals surface area contributed by atoms with Crippen molar-refractivity contribution >= 4 is 28.8 Å². The third-order valence-corrected chi connectivity index (χ3v) is 5.63. The van der Waals surface area contributed by atoms with Crippen LogP contribution in [0.4, 0.5) is 5.69 Å². The summed E-state index contributed by atoms with van der Waals surface area (Å²) in [4.78, 5) is 29.8. The molecule has 6 nitrogen and oxygen atoms in total. The molecule has 0 unspecified atom stereocenters. The monoisotopic (exact) mass is 430 g/mol. The molecule has 0 aliphatic heterocycles.